The van der Waals surface area contributed by atoms with Crippen LogP contribution in [0.25, 0.3) is 10.9 Å². The van der Waals surface area contributed by atoms with Crippen LogP contribution in [-0.2, 0) is 9.47 Å². The molecule has 4 heteroatoms. The molecule has 120 valence electrons. The Kier molecular flexibility index (Phi) is 3.01. The van der Waals surface area contributed by atoms with E-state index in [1.807, 2.05) is 6.20 Å². The highest BCUT2D eigenvalue weighted by molar-refractivity contribution is 5.82. The number of benzene rings is 1. The number of ether oxygens (including phenoxy) is 2. The van der Waals surface area contributed by atoms with Crippen LogP contribution in [0.3, 0.4) is 0 Å². The molecule has 3 atom stereocenters. The van der Waals surface area contributed by atoms with E-state index < -0.39 is 0 Å². The molecule has 1 aromatic carbocycles. The number of fused-ring (bicyclic) bond motifs is 2. The fourth-order valence-electron chi connectivity index (χ4n) is 5.08. The van der Waals surface area contributed by atoms with Gasteiger partial charge in [-0.05, 0) is 60.4 Å². The van der Waals surface area contributed by atoms with E-state index in [1.165, 1.54) is 11.6 Å². The SMILES string of the molecule is Fc1ccc2nccc([C@@H]3C[C@@H]4CC5(C[C@@H]4C3)OCCO5)c2c1. The Bertz CT molecular complexity index is 740. The van der Waals surface area contributed by atoms with Gasteiger partial charge in [-0.15, -0.1) is 0 Å². The summed E-state index contributed by atoms with van der Waals surface area (Å²) in [5.41, 5.74) is 2.14. The second kappa shape index (κ2) is 4.99. The molecule has 2 aliphatic carbocycles. The van der Waals surface area contributed by atoms with Gasteiger partial charge in [0.15, 0.2) is 5.79 Å². The summed E-state index contributed by atoms with van der Waals surface area (Å²) >= 11 is 0. The largest absolute Gasteiger partial charge is 0.348 e. The third kappa shape index (κ3) is 2.19. The number of hydrogen-bond acceptors (Lipinski definition) is 3. The smallest absolute Gasteiger partial charge is 0.169 e. The van der Waals surface area contributed by atoms with Crippen LogP contribution in [0.2, 0.25) is 0 Å². The number of hydrogen-bond donors (Lipinski definition) is 0. The maximum Gasteiger partial charge on any atom is 0.169 e. The standard InChI is InChI=1S/C19H20FNO2/c20-15-1-2-18-17(9-15)16(3-4-21-18)12-7-13-10-19(11-14(13)8-12)22-5-6-23-19/h1-4,9,12-14H,5-8,10-11H2/t12-,13-,14+. The average Bonchev–Trinajstić information content (AvgIpc) is 3.22. The van der Waals surface area contributed by atoms with Gasteiger partial charge in [-0.1, -0.05) is 0 Å². The Hall–Kier alpha value is -1.52. The maximum absolute atomic E-state index is 13.7. The van der Waals surface area contributed by atoms with E-state index in [0.29, 0.717) is 17.8 Å². The molecule has 2 heterocycles. The Morgan fingerprint density at radius 1 is 1.04 bits per heavy atom. The molecule has 0 amide bonds. The highest BCUT2D eigenvalue weighted by Crippen LogP contribution is 2.56. The third-order valence-corrected chi connectivity index (χ3v) is 5.98. The van der Waals surface area contributed by atoms with Gasteiger partial charge in [-0.3, -0.25) is 4.98 Å². The van der Waals surface area contributed by atoms with Gasteiger partial charge in [0.2, 0.25) is 0 Å². The van der Waals surface area contributed by atoms with Crippen LogP contribution in [0, 0.1) is 17.7 Å². The molecule has 1 aliphatic heterocycles. The molecular weight excluding hydrogens is 293 g/mol. The van der Waals surface area contributed by atoms with E-state index in [2.05, 4.69) is 11.1 Å². The van der Waals surface area contributed by atoms with E-state index >= 15 is 0 Å². The normalized spacial score (nSPS) is 32.0. The summed E-state index contributed by atoms with van der Waals surface area (Å²) < 4.78 is 25.4. The van der Waals surface area contributed by atoms with Gasteiger partial charge < -0.3 is 9.47 Å². The summed E-state index contributed by atoms with van der Waals surface area (Å²) in [6.45, 7) is 1.47. The zero-order valence-corrected chi connectivity index (χ0v) is 13.0. The zero-order chi connectivity index (χ0) is 15.4. The molecule has 2 aromatic rings. The summed E-state index contributed by atoms with van der Waals surface area (Å²) in [7, 11) is 0. The Morgan fingerprint density at radius 3 is 2.52 bits per heavy atom. The van der Waals surface area contributed by atoms with Crippen molar-refractivity contribution in [2.24, 2.45) is 11.8 Å². The van der Waals surface area contributed by atoms with Gasteiger partial charge in [0.05, 0.1) is 18.7 Å². The molecule has 1 saturated heterocycles. The van der Waals surface area contributed by atoms with Crippen molar-refractivity contribution in [1.82, 2.24) is 4.98 Å². The first kappa shape index (κ1) is 13.9. The van der Waals surface area contributed by atoms with E-state index in [4.69, 9.17) is 9.47 Å². The lowest BCUT2D eigenvalue weighted by Crippen LogP contribution is -2.27. The van der Waals surface area contributed by atoms with Gasteiger partial charge in [-0.25, -0.2) is 4.39 Å². The molecule has 3 fully saturated rings. The van der Waals surface area contributed by atoms with Crippen molar-refractivity contribution in [1.29, 1.82) is 0 Å². The molecule has 3 aliphatic rings. The fraction of sp³-hybridized carbons (Fsp3) is 0.526. The van der Waals surface area contributed by atoms with Gasteiger partial charge in [0, 0.05) is 24.4 Å². The lowest BCUT2D eigenvalue weighted by atomic mass is 9.91. The van der Waals surface area contributed by atoms with Crippen LogP contribution >= 0.6 is 0 Å². The summed E-state index contributed by atoms with van der Waals surface area (Å²) in [4.78, 5) is 4.38. The number of aromatic nitrogens is 1. The fourth-order valence-corrected chi connectivity index (χ4v) is 5.08. The molecular formula is C19H20FNO2. The Morgan fingerprint density at radius 2 is 1.78 bits per heavy atom. The Labute approximate surface area is 134 Å². The minimum atomic E-state index is -0.285. The summed E-state index contributed by atoms with van der Waals surface area (Å²) in [5, 5.41) is 0.973. The van der Waals surface area contributed by atoms with Crippen LogP contribution in [0.4, 0.5) is 4.39 Å². The Balaban J connectivity index is 1.44. The van der Waals surface area contributed by atoms with Crippen LogP contribution in [0.1, 0.15) is 37.2 Å². The predicted octanol–water partition coefficient (Wildman–Crippen LogP) is 4.02. The summed E-state index contributed by atoms with van der Waals surface area (Å²) in [5.74, 6) is 1.35. The van der Waals surface area contributed by atoms with Gasteiger partial charge in [-0.2, -0.15) is 0 Å². The third-order valence-electron chi connectivity index (χ3n) is 5.98. The molecule has 23 heavy (non-hydrogen) atoms. The monoisotopic (exact) mass is 313 g/mol. The van der Waals surface area contributed by atoms with Crippen molar-refractivity contribution in [3.8, 4) is 0 Å². The topological polar surface area (TPSA) is 31.4 Å². The lowest BCUT2D eigenvalue weighted by Gasteiger charge is -2.24. The van der Waals surface area contributed by atoms with E-state index in [1.54, 1.807) is 12.1 Å². The molecule has 0 unspecified atom stereocenters. The van der Waals surface area contributed by atoms with Crippen LogP contribution < -0.4 is 0 Å². The quantitative estimate of drug-likeness (QED) is 0.797. The van der Waals surface area contributed by atoms with Crippen molar-refractivity contribution in [2.75, 3.05) is 13.2 Å². The first-order valence-electron chi connectivity index (χ1n) is 8.55. The van der Waals surface area contributed by atoms with Gasteiger partial charge in [0.25, 0.3) is 0 Å². The molecule has 5 rings (SSSR count). The molecule has 1 spiro atoms. The van der Waals surface area contributed by atoms with Crippen LogP contribution in [0.5, 0.6) is 0 Å². The highest BCUT2D eigenvalue weighted by atomic mass is 19.1. The van der Waals surface area contributed by atoms with Gasteiger partial charge >= 0.3 is 0 Å². The summed E-state index contributed by atoms with van der Waals surface area (Å²) in [6, 6.07) is 6.97. The van der Waals surface area contributed by atoms with Crippen LogP contribution in [-0.4, -0.2) is 24.0 Å². The molecule has 0 radical (unpaired) electrons. The minimum Gasteiger partial charge on any atom is -0.348 e. The average molecular weight is 313 g/mol. The molecule has 1 aromatic heterocycles. The zero-order valence-electron chi connectivity index (χ0n) is 13.0. The number of rotatable bonds is 1. The van der Waals surface area contributed by atoms with E-state index in [0.717, 1.165) is 49.8 Å². The second-order valence-corrected chi connectivity index (χ2v) is 7.27. The van der Waals surface area contributed by atoms with Crippen molar-refractivity contribution < 1.29 is 13.9 Å². The van der Waals surface area contributed by atoms with E-state index in [9.17, 15) is 4.39 Å². The number of halogens is 1. The van der Waals surface area contributed by atoms with E-state index in [-0.39, 0.29) is 11.6 Å². The molecule has 0 bridgehead atoms. The predicted molar refractivity (Wildman–Crippen MR) is 84.5 cm³/mol. The van der Waals surface area contributed by atoms with Crippen LogP contribution in [0.15, 0.2) is 30.5 Å². The van der Waals surface area contributed by atoms with Crippen molar-refractivity contribution >= 4 is 10.9 Å². The van der Waals surface area contributed by atoms with Gasteiger partial charge in [0.1, 0.15) is 5.82 Å². The molecule has 2 saturated carbocycles. The molecule has 3 nitrogen and oxygen atoms in total. The van der Waals surface area contributed by atoms with Crippen molar-refractivity contribution in [2.45, 2.75) is 37.4 Å². The first-order chi connectivity index (χ1) is 11.2. The maximum atomic E-state index is 13.7. The van der Waals surface area contributed by atoms with Crippen molar-refractivity contribution in [3.63, 3.8) is 0 Å². The highest BCUT2D eigenvalue weighted by Gasteiger charge is 2.52. The second-order valence-electron chi connectivity index (χ2n) is 7.27. The summed E-state index contributed by atoms with van der Waals surface area (Å²) in [6.07, 6.45) is 6.19. The lowest BCUT2D eigenvalue weighted by molar-refractivity contribution is -0.155. The number of pyridine rings is 1. The first-order valence-corrected chi connectivity index (χ1v) is 8.55. The molecule has 0 N–H and O–H groups in total. The minimum absolute atomic E-state index is 0.184. The number of nitrogens with zero attached hydrogens (tertiary/aromatic N) is 1. The van der Waals surface area contributed by atoms with Crippen molar-refractivity contribution in [3.05, 3.63) is 41.8 Å².